The van der Waals surface area contributed by atoms with Crippen LogP contribution in [0.15, 0.2) is 53.4 Å². The molecule has 0 fully saturated rings. The second-order valence-corrected chi connectivity index (χ2v) is 7.05. The highest BCUT2D eigenvalue weighted by atomic mass is 32.2. The van der Waals surface area contributed by atoms with E-state index in [1.165, 1.54) is 18.4 Å². The van der Waals surface area contributed by atoms with Crippen molar-refractivity contribution in [2.24, 2.45) is 0 Å². The van der Waals surface area contributed by atoms with Gasteiger partial charge in [-0.3, -0.25) is 0 Å². The van der Waals surface area contributed by atoms with E-state index in [1.54, 1.807) is 31.4 Å². The summed E-state index contributed by atoms with van der Waals surface area (Å²) in [5, 5.41) is 0. The van der Waals surface area contributed by atoms with Crippen LogP contribution in [-0.4, -0.2) is 33.9 Å². The minimum atomic E-state index is -3.44. The van der Waals surface area contributed by atoms with E-state index in [0.29, 0.717) is 11.5 Å². The summed E-state index contributed by atoms with van der Waals surface area (Å²) in [7, 11) is 1.17. The lowest BCUT2D eigenvalue weighted by atomic mass is 10.2. The molecule has 0 heterocycles. The first kappa shape index (κ1) is 16.3. The van der Waals surface area contributed by atoms with E-state index in [2.05, 4.69) is 0 Å². The molecule has 2 rings (SSSR count). The van der Waals surface area contributed by atoms with E-state index in [4.69, 9.17) is 9.47 Å². The standard InChI is InChI=1S/C16H19NO4S/c1-17(2)22(18,19)16-9-4-6-13(10-16)12-21-15-8-5-7-14(11-15)20-3/h4-11H,12H2,1-3H3. The molecule has 0 spiro atoms. The van der Waals surface area contributed by atoms with Crippen molar-refractivity contribution in [3.63, 3.8) is 0 Å². The van der Waals surface area contributed by atoms with Gasteiger partial charge >= 0.3 is 0 Å². The summed E-state index contributed by atoms with van der Waals surface area (Å²) in [6.45, 7) is 0.282. The molecular formula is C16H19NO4S. The van der Waals surface area contributed by atoms with Gasteiger partial charge in [-0.15, -0.1) is 0 Å². The Kier molecular flexibility index (Phi) is 5.05. The maximum atomic E-state index is 12.1. The second-order valence-electron chi connectivity index (χ2n) is 4.90. The van der Waals surface area contributed by atoms with E-state index in [1.807, 2.05) is 24.3 Å². The smallest absolute Gasteiger partial charge is 0.242 e. The van der Waals surface area contributed by atoms with Gasteiger partial charge in [0.2, 0.25) is 10.0 Å². The van der Waals surface area contributed by atoms with Crippen LogP contribution in [0.1, 0.15) is 5.56 Å². The topological polar surface area (TPSA) is 55.8 Å². The van der Waals surface area contributed by atoms with Crippen LogP contribution in [0.5, 0.6) is 11.5 Å². The molecule has 2 aromatic rings. The van der Waals surface area contributed by atoms with Gasteiger partial charge in [0, 0.05) is 20.2 Å². The number of ether oxygens (including phenoxy) is 2. The number of hydrogen-bond donors (Lipinski definition) is 0. The van der Waals surface area contributed by atoms with E-state index in [-0.39, 0.29) is 11.5 Å². The predicted molar refractivity (Wildman–Crippen MR) is 84.6 cm³/mol. The molecule has 0 saturated heterocycles. The molecule has 0 aliphatic rings. The molecular weight excluding hydrogens is 302 g/mol. The van der Waals surface area contributed by atoms with Crippen molar-refractivity contribution in [3.05, 3.63) is 54.1 Å². The largest absolute Gasteiger partial charge is 0.497 e. The Morgan fingerprint density at radius 3 is 2.36 bits per heavy atom. The maximum Gasteiger partial charge on any atom is 0.242 e. The van der Waals surface area contributed by atoms with Gasteiger partial charge in [0.1, 0.15) is 18.1 Å². The summed E-state index contributed by atoms with van der Waals surface area (Å²) in [6, 6.07) is 14.0. The quantitative estimate of drug-likeness (QED) is 0.820. The minimum Gasteiger partial charge on any atom is -0.497 e. The van der Waals surface area contributed by atoms with E-state index in [9.17, 15) is 8.42 Å². The third-order valence-electron chi connectivity index (χ3n) is 3.12. The number of nitrogens with zero attached hydrogens (tertiary/aromatic N) is 1. The summed E-state index contributed by atoms with van der Waals surface area (Å²) >= 11 is 0. The molecule has 0 saturated carbocycles. The molecule has 0 unspecified atom stereocenters. The zero-order valence-corrected chi connectivity index (χ0v) is 13.6. The Labute approximate surface area is 131 Å². The molecule has 0 N–H and O–H groups in total. The van der Waals surface area contributed by atoms with Gasteiger partial charge in [0.25, 0.3) is 0 Å². The lowest BCUT2D eigenvalue weighted by Crippen LogP contribution is -2.22. The highest BCUT2D eigenvalue weighted by Gasteiger charge is 2.17. The van der Waals surface area contributed by atoms with Crippen LogP contribution in [0.4, 0.5) is 0 Å². The summed E-state index contributed by atoms with van der Waals surface area (Å²) in [6.07, 6.45) is 0. The normalized spacial score (nSPS) is 11.5. The van der Waals surface area contributed by atoms with E-state index >= 15 is 0 Å². The van der Waals surface area contributed by atoms with Crippen LogP contribution >= 0.6 is 0 Å². The molecule has 0 aliphatic carbocycles. The molecule has 0 amide bonds. The van der Waals surface area contributed by atoms with Gasteiger partial charge < -0.3 is 9.47 Å². The van der Waals surface area contributed by atoms with E-state index < -0.39 is 10.0 Å². The van der Waals surface area contributed by atoms with Gasteiger partial charge in [-0.2, -0.15) is 0 Å². The Balaban J connectivity index is 2.14. The molecule has 0 bridgehead atoms. The first-order valence-corrected chi connectivity index (χ1v) is 8.16. The molecule has 118 valence electrons. The molecule has 0 atom stereocenters. The highest BCUT2D eigenvalue weighted by Crippen LogP contribution is 2.21. The Morgan fingerprint density at radius 1 is 1.00 bits per heavy atom. The Bertz CT molecular complexity index is 741. The molecule has 2 aromatic carbocycles. The average molecular weight is 321 g/mol. The Morgan fingerprint density at radius 2 is 1.68 bits per heavy atom. The zero-order chi connectivity index (χ0) is 16.2. The van der Waals surface area contributed by atoms with Gasteiger partial charge in [0.05, 0.1) is 12.0 Å². The fourth-order valence-corrected chi connectivity index (χ4v) is 2.84. The number of rotatable bonds is 6. The second kappa shape index (κ2) is 6.81. The van der Waals surface area contributed by atoms with Crippen molar-refractivity contribution in [2.45, 2.75) is 11.5 Å². The predicted octanol–water partition coefficient (Wildman–Crippen LogP) is 2.52. The minimum absolute atomic E-state index is 0.254. The lowest BCUT2D eigenvalue weighted by Gasteiger charge is -2.13. The fourth-order valence-electron chi connectivity index (χ4n) is 1.86. The molecule has 6 heteroatoms. The lowest BCUT2D eigenvalue weighted by molar-refractivity contribution is 0.303. The SMILES string of the molecule is COc1cccc(OCc2cccc(S(=O)(=O)N(C)C)c2)c1. The molecule has 0 radical (unpaired) electrons. The van der Waals surface area contributed by atoms with Crippen LogP contribution in [0.3, 0.4) is 0 Å². The van der Waals surface area contributed by atoms with Gasteiger partial charge in [-0.1, -0.05) is 18.2 Å². The van der Waals surface area contributed by atoms with E-state index in [0.717, 1.165) is 5.56 Å². The van der Waals surface area contributed by atoms with Gasteiger partial charge in [0.15, 0.2) is 0 Å². The monoisotopic (exact) mass is 321 g/mol. The van der Waals surface area contributed by atoms with Crippen molar-refractivity contribution in [2.75, 3.05) is 21.2 Å². The van der Waals surface area contributed by atoms with Crippen LogP contribution in [0.25, 0.3) is 0 Å². The molecule has 0 aliphatic heterocycles. The Hall–Kier alpha value is -2.05. The van der Waals surface area contributed by atoms with Crippen LogP contribution < -0.4 is 9.47 Å². The number of hydrogen-bond acceptors (Lipinski definition) is 4. The van der Waals surface area contributed by atoms with Crippen molar-refractivity contribution in [1.82, 2.24) is 4.31 Å². The van der Waals surface area contributed by atoms with Crippen LogP contribution in [-0.2, 0) is 16.6 Å². The van der Waals surface area contributed by atoms with Crippen LogP contribution in [0.2, 0.25) is 0 Å². The fraction of sp³-hybridized carbons (Fsp3) is 0.250. The molecule has 5 nitrogen and oxygen atoms in total. The van der Waals surface area contributed by atoms with Crippen molar-refractivity contribution >= 4 is 10.0 Å². The maximum absolute atomic E-state index is 12.1. The summed E-state index contributed by atoms with van der Waals surface area (Å²) in [4.78, 5) is 0.254. The third-order valence-corrected chi connectivity index (χ3v) is 4.93. The third kappa shape index (κ3) is 3.78. The highest BCUT2D eigenvalue weighted by molar-refractivity contribution is 7.89. The number of methoxy groups -OCH3 is 1. The average Bonchev–Trinajstić information content (AvgIpc) is 2.53. The number of sulfonamides is 1. The van der Waals surface area contributed by atoms with Crippen molar-refractivity contribution in [1.29, 1.82) is 0 Å². The molecule has 22 heavy (non-hydrogen) atoms. The summed E-state index contributed by atoms with van der Waals surface area (Å²) in [5.41, 5.74) is 0.783. The number of benzene rings is 2. The molecule has 0 aromatic heterocycles. The van der Waals surface area contributed by atoms with Gasteiger partial charge in [-0.25, -0.2) is 12.7 Å². The zero-order valence-electron chi connectivity index (χ0n) is 12.8. The van der Waals surface area contributed by atoms with Crippen molar-refractivity contribution in [3.8, 4) is 11.5 Å². The van der Waals surface area contributed by atoms with Crippen molar-refractivity contribution < 1.29 is 17.9 Å². The summed E-state index contributed by atoms with van der Waals surface area (Å²) < 4.78 is 36.2. The van der Waals surface area contributed by atoms with Gasteiger partial charge in [-0.05, 0) is 29.8 Å². The summed E-state index contributed by atoms with van der Waals surface area (Å²) in [5.74, 6) is 1.38. The first-order chi connectivity index (χ1) is 10.4. The van der Waals surface area contributed by atoms with Crippen LogP contribution in [0, 0.1) is 0 Å². The first-order valence-electron chi connectivity index (χ1n) is 6.72.